The average Bonchev–Trinajstić information content (AvgIpc) is 2.25. The van der Waals surface area contributed by atoms with Gasteiger partial charge in [0.15, 0.2) is 0 Å². The summed E-state index contributed by atoms with van der Waals surface area (Å²) in [6.45, 7) is 2.65. The molecule has 86 valence electrons. The van der Waals surface area contributed by atoms with Gasteiger partial charge in [0.1, 0.15) is 11.6 Å². The molecular formula is C13H15F2N. The van der Waals surface area contributed by atoms with E-state index < -0.39 is 11.6 Å². The Labute approximate surface area is 94.9 Å². The van der Waals surface area contributed by atoms with Crippen molar-refractivity contribution in [2.45, 2.75) is 25.8 Å². The first-order chi connectivity index (χ1) is 7.69. The van der Waals surface area contributed by atoms with E-state index in [4.69, 9.17) is 6.42 Å². The fourth-order valence-electron chi connectivity index (χ4n) is 1.63. The van der Waals surface area contributed by atoms with Gasteiger partial charge in [-0.25, -0.2) is 8.78 Å². The van der Waals surface area contributed by atoms with Crippen molar-refractivity contribution in [2.75, 3.05) is 6.54 Å². The summed E-state index contributed by atoms with van der Waals surface area (Å²) in [4.78, 5) is 0. The number of hydrogen-bond acceptors (Lipinski definition) is 1. The van der Waals surface area contributed by atoms with Crippen molar-refractivity contribution in [1.29, 1.82) is 0 Å². The molecule has 0 amide bonds. The summed E-state index contributed by atoms with van der Waals surface area (Å²) in [5, 5.41) is 3.14. The highest BCUT2D eigenvalue weighted by Crippen LogP contribution is 2.22. The minimum absolute atomic E-state index is 0.151. The molecule has 0 saturated carbocycles. The zero-order valence-corrected chi connectivity index (χ0v) is 9.26. The van der Waals surface area contributed by atoms with E-state index in [9.17, 15) is 8.78 Å². The van der Waals surface area contributed by atoms with Gasteiger partial charge in [-0.05, 0) is 19.0 Å². The molecule has 0 radical (unpaired) electrons. The van der Waals surface area contributed by atoms with Crippen molar-refractivity contribution >= 4 is 0 Å². The van der Waals surface area contributed by atoms with Gasteiger partial charge in [-0.15, -0.1) is 12.3 Å². The fraction of sp³-hybridized carbons (Fsp3) is 0.385. The van der Waals surface area contributed by atoms with E-state index >= 15 is 0 Å². The molecule has 1 nitrogen and oxygen atoms in total. The van der Waals surface area contributed by atoms with Crippen LogP contribution >= 0.6 is 0 Å². The average molecular weight is 223 g/mol. The molecule has 1 unspecified atom stereocenters. The molecule has 3 heteroatoms. The molecule has 0 aliphatic carbocycles. The van der Waals surface area contributed by atoms with Crippen LogP contribution in [0.15, 0.2) is 18.2 Å². The van der Waals surface area contributed by atoms with Gasteiger partial charge in [-0.1, -0.05) is 13.0 Å². The summed E-state index contributed by atoms with van der Waals surface area (Å²) in [6, 6.07) is 3.48. The minimum atomic E-state index is -0.562. The molecule has 0 fully saturated rings. The molecule has 0 spiro atoms. The third kappa shape index (κ3) is 3.32. The van der Waals surface area contributed by atoms with Gasteiger partial charge in [-0.3, -0.25) is 0 Å². The Balaban J connectivity index is 2.87. The van der Waals surface area contributed by atoms with E-state index in [1.807, 2.05) is 6.92 Å². The number of benzene rings is 1. The zero-order valence-electron chi connectivity index (χ0n) is 9.26. The van der Waals surface area contributed by atoms with Crippen LogP contribution in [0, 0.1) is 24.0 Å². The molecule has 0 heterocycles. The van der Waals surface area contributed by atoms with E-state index in [0.29, 0.717) is 24.9 Å². The molecule has 1 aromatic carbocycles. The standard InChI is InChI=1S/C13H15F2N/c1-3-5-6-13(16-4-2)11-8-7-10(14)9-12(11)15/h1,7-9,13,16H,4-6H2,2H3. The number of nitrogens with one attached hydrogen (secondary N) is 1. The molecule has 0 aromatic heterocycles. The smallest absolute Gasteiger partial charge is 0.130 e. The first-order valence-corrected chi connectivity index (χ1v) is 5.30. The van der Waals surface area contributed by atoms with Gasteiger partial charge in [0.05, 0.1) is 0 Å². The van der Waals surface area contributed by atoms with Crippen molar-refractivity contribution in [1.82, 2.24) is 5.32 Å². The molecule has 0 bridgehead atoms. The highest BCUT2D eigenvalue weighted by Gasteiger charge is 2.14. The predicted molar refractivity (Wildman–Crippen MR) is 60.8 cm³/mol. The van der Waals surface area contributed by atoms with Crippen LogP contribution in [0.25, 0.3) is 0 Å². The molecule has 1 aromatic rings. The molecule has 1 rings (SSSR count). The highest BCUT2D eigenvalue weighted by atomic mass is 19.1. The number of halogens is 2. The lowest BCUT2D eigenvalue weighted by molar-refractivity contribution is 0.485. The van der Waals surface area contributed by atoms with Gasteiger partial charge in [0.25, 0.3) is 0 Å². The van der Waals surface area contributed by atoms with E-state index in [0.717, 1.165) is 6.07 Å². The summed E-state index contributed by atoms with van der Waals surface area (Å²) >= 11 is 0. The second-order valence-electron chi connectivity index (χ2n) is 3.52. The summed E-state index contributed by atoms with van der Waals surface area (Å²) in [7, 11) is 0. The van der Waals surface area contributed by atoms with Gasteiger partial charge < -0.3 is 5.32 Å². The molecule has 1 N–H and O–H groups in total. The summed E-state index contributed by atoms with van der Waals surface area (Å²) < 4.78 is 26.3. The molecule has 0 saturated heterocycles. The van der Waals surface area contributed by atoms with Gasteiger partial charge in [0.2, 0.25) is 0 Å². The SMILES string of the molecule is C#CCCC(NCC)c1ccc(F)cc1F. The Morgan fingerprint density at radius 1 is 1.44 bits per heavy atom. The zero-order chi connectivity index (χ0) is 12.0. The van der Waals surface area contributed by atoms with Gasteiger partial charge in [0, 0.05) is 24.1 Å². The quantitative estimate of drug-likeness (QED) is 0.756. The Morgan fingerprint density at radius 3 is 2.75 bits per heavy atom. The van der Waals surface area contributed by atoms with Gasteiger partial charge in [-0.2, -0.15) is 0 Å². The first-order valence-electron chi connectivity index (χ1n) is 5.30. The van der Waals surface area contributed by atoms with Gasteiger partial charge >= 0.3 is 0 Å². The van der Waals surface area contributed by atoms with Crippen LogP contribution in [-0.2, 0) is 0 Å². The van der Waals surface area contributed by atoms with Crippen LogP contribution in [0.5, 0.6) is 0 Å². The summed E-state index contributed by atoms with van der Waals surface area (Å²) in [5.41, 5.74) is 0.471. The van der Waals surface area contributed by atoms with Crippen molar-refractivity contribution in [3.8, 4) is 12.3 Å². The lowest BCUT2D eigenvalue weighted by Crippen LogP contribution is -2.21. The van der Waals surface area contributed by atoms with E-state index in [2.05, 4.69) is 11.2 Å². The molecule has 16 heavy (non-hydrogen) atoms. The maximum absolute atomic E-state index is 13.5. The third-order valence-electron chi connectivity index (χ3n) is 2.37. The lowest BCUT2D eigenvalue weighted by atomic mass is 10.0. The Kier molecular flexibility index (Phi) is 4.94. The van der Waals surface area contributed by atoms with Crippen molar-refractivity contribution in [3.63, 3.8) is 0 Å². The lowest BCUT2D eigenvalue weighted by Gasteiger charge is -2.17. The minimum Gasteiger partial charge on any atom is -0.310 e. The topological polar surface area (TPSA) is 12.0 Å². The maximum Gasteiger partial charge on any atom is 0.130 e. The fourth-order valence-corrected chi connectivity index (χ4v) is 1.63. The van der Waals surface area contributed by atoms with Crippen LogP contribution in [0.2, 0.25) is 0 Å². The predicted octanol–water partition coefficient (Wildman–Crippen LogP) is 3.03. The summed E-state index contributed by atoms with van der Waals surface area (Å²) in [6.07, 6.45) is 6.39. The normalized spacial score (nSPS) is 12.1. The van der Waals surface area contributed by atoms with Crippen LogP contribution in [0.3, 0.4) is 0 Å². The first kappa shape index (κ1) is 12.7. The molecule has 0 aliphatic heterocycles. The van der Waals surface area contributed by atoms with E-state index in [1.165, 1.54) is 12.1 Å². The molecule has 1 atom stereocenters. The molecule has 0 aliphatic rings. The van der Waals surface area contributed by atoms with Crippen LogP contribution in [0.1, 0.15) is 31.4 Å². The van der Waals surface area contributed by atoms with E-state index in [-0.39, 0.29) is 6.04 Å². The largest absolute Gasteiger partial charge is 0.310 e. The summed E-state index contributed by atoms with van der Waals surface area (Å²) in [5.74, 6) is 1.43. The van der Waals surface area contributed by atoms with Crippen molar-refractivity contribution in [3.05, 3.63) is 35.4 Å². The number of hydrogen-bond donors (Lipinski definition) is 1. The maximum atomic E-state index is 13.5. The van der Waals surface area contributed by atoms with Crippen molar-refractivity contribution in [2.24, 2.45) is 0 Å². The third-order valence-corrected chi connectivity index (χ3v) is 2.37. The van der Waals surface area contributed by atoms with Crippen LogP contribution in [0.4, 0.5) is 8.78 Å². The highest BCUT2D eigenvalue weighted by molar-refractivity contribution is 5.22. The Hall–Kier alpha value is -1.40. The van der Waals surface area contributed by atoms with Crippen LogP contribution in [-0.4, -0.2) is 6.54 Å². The van der Waals surface area contributed by atoms with Crippen molar-refractivity contribution < 1.29 is 8.78 Å². The Bertz CT molecular complexity index is 382. The van der Waals surface area contributed by atoms with Crippen LogP contribution < -0.4 is 5.32 Å². The number of rotatable bonds is 5. The second-order valence-corrected chi connectivity index (χ2v) is 3.52. The number of terminal acetylenes is 1. The monoisotopic (exact) mass is 223 g/mol. The molecular weight excluding hydrogens is 208 g/mol. The second kappa shape index (κ2) is 6.24. The van der Waals surface area contributed by atoms with E-state index in [1.54, 1.807) is 0 Å². The Morgan fingerprint density at radius 2 is 2.19 bits per heavy atom.